The van der Waals surface area contributed by atoms with Gasteiger partial charge in [-0.2, -0.15) is 0 Å². The molecule has 0 radical (unpaired) electrons. The number of fused-ring (bicyclic) bond motifs is 1. The molecule has 1 fully saturated rings. The van der Waals surface area contributed by atoms with E-state index in [9.17, 15) is 8.42 Å². The molecule has 0 spiro atoms. The van der Waals surface area contributed by atoms with Gasteiger partial charge in [0.05, 0.1) is 23.6 Å². The number of rotatable bonds is 3. The summed E-state index contributed by atoms with van der Waals surface area (Å²) < 4.78 is 24.1. The van der Waals surface area contributed by atoms with Crippen LogP contribution in [0.1, 0.15) is 5.56 Å². The van der Waals surface area contributed by atoms with Gasteiger partial charge in [-0.1, -0.05) is 59.8 Å². The summed E-state index contributed by atoms with van der Waals surface area (Å²) in [6.07, 6.45) is 0. The zero-order chi connectivity index (χ0) is 17.4. The predicted octanol–water partition coefficient (Wildman–Crippen LogP) is 3.62. The summed E-state index contributed by atoms with van der Waals surface area (Å²) in [7, 11) is -3.04. The second-order valence-corrected chi connectivity index (χ2v) is 9.78. The molecule has 0 bridgehead atoms. The van der Waals surface area contributed by atoms with Crippen LogP contribution in [0.15, 0.2) is 59.6 Å². The van der Waals surface area contributed by atoms with E-state index >= 15 is 0 Å². The molecule has 2 aliphatic rings. The highest BCUT2D eigenvalue weighted by atomic mass is 35.5. The highest BCUT2D eigenvalue weighted by molar-refractivity contribution is 8.13. The van der Waals surface area contributed by atoms with E-state index in [1.165, 1.54) is 5.56 Å². The summed E-state index contributed by atoms with van der Waals surface area (Å²) in [4.78, 5) is 6.78. The van der Waals surface area contributed by atoms with E-state index in [0.29, 0.717) is 5.02 Å². The van der Waals surface area contributed by atoms with Crippen molar-refractivity contribution in [3.63, 3.8) is 0 Å². The van der Waals surface area contributed by atoms with Gasteiger partial charge in [-0.3, -0.25) is 4.99 Å². The van der Waals surface area contributed by atoms with Crippen LogP contribution < -0.4 is 4.90 Å². The molecule has 4 nitrogen and oxygen atoms in total. The van der Waals surface area contributed by atoms with Crippen molar-refractivity contribution < 1.29 is 8.42 Å². The van der Waals surface area contributed by atoms with Crippen LogP contribution in [-0.4, -0.2) is 37.2 Å². The van der Waals surface area contributed by atoms with Crippen molar-refractivity contribution in [1.82, 2.24) is 0 Å². The summed E-state index contributed by atoms with van der Waals surface area (Å²) in [6.45, 7) is 0. The summed E-state index contributed by atoms with van der Waals surface area (Å²) >= 11 is 7.79. The molecule has 0 saturated carbocycles. The SMILES string of the molecule is O=S1(=O)CC2N=C(SCc3ccccc3)N(c3cccc(Cl)c3)C2C1. The lowest BCUT2D eigenvalue weighted by Crippen LogP contribution is -2.39. The number of aliphatic imine (C=N–C) groups is 1. The molecule has 25 heavy (non-hydrogen) atoms. The van der Waals surface area contributed by atoms with Gasteiger partial charge in [-0.25, -0.2) is 8.42 Å². The van der Waals surface area contributed by atoms with Crippen LogP contribution in [0.2, 0.25) is 5.02 Å². The minimum Gasteiger partial charge on any atom is -0.315 e. The van der Waals surface area contributed by atoms with E-state index in [1.807, 2.05) is 42.5 Å². The van der Waals surface area contributed by atoms with Crippen molar-refractivity contribution in [2.24, 2.45) is 4.99 Å². The van der Waals surface area contributed by atoms with Gasteiger partial charge in [-0.15, -0.1) is 0 Å². The smallest absolute Gasteiger partial charge is 0.164 e. The number of benzene rings is 2. The summed E-state index contributed by atoms with van der Waals surface area (Å²) in [5.74, 6) is 1.07. The standard InChI is InChI=1S/C18H17ClN2O2S2/c19-14-7-4-8-15(9-14)21-17-12-25(22,23)11-16(17)20-18(21)24-10-13-5-2-1-3-6-13/h1-9,16-17H,10-12H2. The largest absolute Gasteiger partial charge is 0.315 e. The van der Waals surface area contributed by atoms with Crippen molar-refractivity contribution in [2.75, 3.05) is 16.4 Å². The first-order chi connectivity index (χ1) is 12.0. The van der Waals surface area contributed by atoms with Gasteiger partial charge in [0, 0.05) is 16.5 Å². The molecule has 0 aromatic heterocycles. The van der Waals surface area contributed by atoms with E-state index in [0.717, 1.165) is 16.6 Å². The average Bonchev–Trinajstić information content (AvgIpc) is 3.05. The van der Waals surface area contributed by atoms with E-state index in [4.69, 9.17) is 16.6 Å². The minimum atomic E-state index is -3.04. The number of halogens is 1. The van der Waals surface area contributed by atoms with Crippen molar-refractivity contribution in [3.05, 3.63) is 65.2 Å². The van der Waals surface area contributed by atoms with Crippen LogP contribution in [0.4, 0.5) is 5.69 Å². The minimum absolute atomic E-state index is 0.129. The second kappa shape index (κ2) is 6.67. The average molecular weight is 393 g/mol. The Bertz CT molecular complexity index is 916. The molecule has 7 heteroatoms. The summed E-state index contributed by atoms with van der Waals surface area (Å²) in [6, 6.07) is 17.4. The van der Waals surface area contributed by atoms with Gasteiger partial charge in [0.1, 0.15) is 0 Å². The molecule has 1 saturated heterocycles. The quantitative estimate of drug-likeness (QED) is 0.800. The van der Waals surface area contributed by atoms with Gasteiger partial charge in [0.2, 0.25) is 0 Å². The molecule has 2 atom stereocenters. The first-order valence-corrected chi connectivity index (χ1v) is 11.2. The summed E-state index contributed by atoms with van der Waals surface area (Å²) in [5.41, 5.74) is 2.11. The van der Waals surface area contributed by atoms with Crippen molar-refractivity contribution in [1.29, 1.82) is 0 Å². The first-order valence-electron chi connectivity index (χ1n) is 8.02. The number of hydrogen-bond donors (Lipinski definition) is 0. The van der Waals surface area contributed by atoms with Crippen LogP contribution in [0.5, 0.6) is 0 Å². The topological polar surface area (TPSA) is 49.7 Å². The number of hydrogen-bond acceptors (Lipinski definition) is 5. The van der Waals surface area contributed by atoms with Crippen LogP contribution in [0.3, 0.4) is 0 Å². The van der Waals surface area contributed by atoms with E-state index < -0.39 is 9.84 Å². The number of nitrogens with zero attached hydrogens (tertiary/aromatic N) is 2. The molecule has 2 heterocycles. The van der Waals surface area contributed by atoms with E-state index in [2.05, 4.69) is 17.0 Å². The molecule has 0 amide bonds. The highest BCUT2D eigenvalue weighted by Gasteiger charge is 2.47. The maximum atomic E-state index is 12.0. The Morgan fingerprint density at radius 2 is 1.92 bits per heavy atom. The Balaban J connectivity index is 1.63. The lowest BCUT2D eigenvalue weighted by molar-refractivity contribution is 0.601. The fraction of sp³-hybridized carbons (Fsp3) is 0.278. The number of anilines is 1. The van der Waals surface area contributed by atoms with Gasteiger partial charge in [-0.05, 0) is 23.8 Å². The Morgan fingerprint density at radius 3 is 2.68 bits per heavy atom. The van der Waals surface area contributed by atoms with Crippen molar-refractivity contribution >= 4 is 44.1 Å². The summed E-state index contributed by atoms with van der Waals surface area (Å²) in [5, 5.41) is 1.50. The first kappa shape index (κ1) is 16.9. The van der Waals surface area contributed by atoms with Crippen LogP contribution in [-0.2, 0) is 15.6 Å². The molecule has 2 aliphatic heterocycles. The Hall–Kier alpha value is -1.50. The number of sulfone groups is 1. The van der Waals surface area contributed by atoms with Crippen LogP contribution >= 0.6 is 23.4 Å². The Kier molecular flexibility index (Phi) is 4.52. The highest BCUT2D eigenvalue weighted by Crippen LogP contribution is 2.36. The zero-order valence-electron chi connectivity index (χ0n) is 13.4. The van der Waals surface area contributed by atoms with Crippen LogP contribution in [0, 0.1) is 0 Å². The third-order valence-corrected chi connectivity index (χ3v) is 7.38. The molecule has 0 aliphatic carbocycles. The molecule has 130 valence electrons. The van der Waals surface area contributed by atoms with E-state index in [-0.39, 0.29) is 23.6 Å². The lowest BCUT2D eigenvalue weighted by Gasteiger charge is -2.26. The number of amidine groups is 1. The molecular formula is C18H17ClN2O2S2. The lowest BCUT2D eigenvalue weighted by atomic mass is 10.1. The van der Waals surface area contributed by atoms with Crippen LogP contribution in [0.25, 0.3) is 0 Å². The molecule has 2 unspecified atom stereocenters. The van der Waals surface area contributed by atoms with Crippen molar-refractivity contribution in [2.45, 2.75) is 17.8 Å². The van der Waals surface area contributed by atoms with Gasteiger partial charge >= 0.3 is 0 Å². The maximum Gasteiger partial charge on any atom is 0.164 e. The molecule has 0 N–H and O–H groups in total. The van der Waals surface area contributed by atoms with Gasteiger partial charge in [0.15, 0.2) is 15.0 Å². The Morgan fingerprint density at radius 1 is 1.12 bits per heavy atom. The van der Waals surface area contributed by atoms with E-state index in [1.54, 1.807) is 11.8 Å². The fourth-order valence-corrected chi connectivity index (χ4v) is 6.39. The molecule has 2 aromatic carbocycles. The predicted molar refractivity (Wildman–Crippen MR) is 105 cm³/mol. The van der Waals surface area contributed by atoms with Gasteiger partial charge in [0.25, 0.3) is 0 Å². The van der Waals surface area contributed by atoms with Gasteiger partial charge < -0.3 is 4.90 Å². The van der Waals surface area contributed by atoms with Crippen molar-refractivity contribution in [3.8, 4) is 0 Å². The molecule has 2 aromatic rings. The monoisotopic (exact) mass is 392 g/mol. The zero-order valence-corrected chi connectivity index (χ0v) is 15.8. The maximum absolute atomic E-state index is 12.0. The fourth-order valence-electron chi connectivity index (χ4n) is 3.28. The third kappa shape index (κ3) is 3.57. The number of thioether (sulfide) groups is 1. The second-order valence-electron chi connectivity index (χ2n) is 6.25. The third-order valence-electron chi connectivity index (χ3n) is 4.40. The molecule has 4 rings (SSSR count). The molecular weight excluding hydrogens is 376 g/mol. The Labute approximate surface area is 156 Å². The normalized spacial score (nSPS) is 24.2.